The normalized spacial score (nSPS) is 10.3. The molecule has 0 atom stereocenters. The highest BCUT2D eigenvalue weighted by Gasteiger charge is 2.14. The number of carbonyl (C=O) groups is 2. The maximum Gasteiger partial charge on any atom is 0.358 e. The number of carboxylic acids is 1. The van der Waals surface area contributed by atoms with Crippen molar-refractivity contribution in [2.45, 2.75) is 13.8 Å². The zero-order chi connectivity index (χ0) is 14.7. The molecule has 2 aromatic rings. The Hall–Kier alpha value is -2.63. The van der Waals surface area contributed by atoms with Gasteiger partial charge in [-0.05, 0) is 38.1 Å². The number of esters is 1. The van der Waals surface area contributed by atoms with Gasteiger partial charge >= 0.3 is 11.9 Å². The predicted molar refractivity (Wildman–Crippen MR) is 71.2 cm³/mol. The second-order valence-electron chi connectivity index (χ2n) is 4.16. The average molecular weight is 274 g/mol. The first-order valence-electron chi connectivity index (χ1n) is 6.10. The highest BCUT2D eigenvalue weighted by Crippen LogP contribution is 2.14. The number of hydrogen-bond acceptors (Lipinski definition) is 4. The minimum Gasteiger partial charge on any atom is -0.478 e. The first kappa shape index (κ1) is 13.8. The quantitative estimate of drug-likeness (QED) is 0.863. The van der Waals surface area contributed by atoms with Crippen LogP contribution in [0.15, 0.2) is 30.3 Å². The lowest BCUT2D eigenvalue weighted by atomic mass is 10.2. The summed E-state index contributed by atoms with van der Waals surface area (Å²) in [6.45, 7) is 3.78. The highest BCUT2D eigenvalue weighted by atomic mass is 16.5. The molecule has 0 spiro atoms. The molecule has 0 saturated carbocycles. The molecule has 0 radical (unpaired) electrons. The van der Waals surface area contributed by atoms with Crippen LogP contribution in [0.3, 0.4) is 0 Å². The molecular weight excluding hydrogens is 260 g/mol. The molecule has 0 aliphatic heterocycles. The largest absolute Gasteiger partial charge is 0.478 e. The molecule has 1 N–H and O–H groups in total. The number of hydrogen-bond donors (Lipinski definition) is 1. The van der Waals surface area contributed by atoms with Crippen LogP contribution in [-0.2, 0) is 4.74 Å². The molecule has 6 nitrogen and oxygen atoms in total. The summed E-state index contributed by atoms with van der Waals surface area (Å²) in [4.78, 5) is 22.6. The summed E-state index contributed by atoms with van der Waals surface area (Å²) < 4.78 is 6.40. The van der Waals surface area contributed by atoms with Crippen LogP contribution in [0.2, 0.25) is 0 Å². The smallest absolute Gasteiger partial charge is 0.358 e. The molecule has 104 valence electrons. The lowest BCUT2D eigenvalue weighted by Gasteiger charge is -2.05. The van der Waals surface area contributed by atoms with Crippen LogP contribution < -0.4 is 0 Å². The standard InChI is InChI=1S/C14H14N2O4/c1-3-20-14(19)12-7-9(2)16(15-12)11-6-4-5-10(8-11)13(17)18/h4-8H,3H2,1-2H3,(H,17,18). The van der Waals surface area contributed by atoms with Crippen molar-refractivity contribution in [2.24, 2.45) is 0 Å². The van der Waals surface area contributed by atoms with E-state index in [0.717, 1.165) is 5.69 Å². The Bertz CT molecular complexity index is 661. The second kappa shape index (κ2) is 5.56. The molecule has 0 fully saturated rings. The van der Waals surface area contributed by atoms with E-state index >= 15 is 0 Å². The molecule has 2 rings (SSSR count). The number of aromatic carboxylic acids is 1. The van der Waals surface area contributed by atoms with Crippen LogP contribution >= 0.6 is 0 Å². The van der Waals surface area contributed by atoms with Crippen molar-refractivity contribution in [3.63, 3.8) is 0 Å². The van der Waals surface area contributed by atoms with Gasteiger partial charge in [-0.25, -0.2) is 14.3 Å². The Balaban J connectivity index is 2.40. The van der Waals surface area contributed by atoms with Crippen molar-refractivity contribution < 1.29 is 19.4 Å². The topological polar surface area (TPSA) is 81.4 Å². The van der Waals surface area contributed by atoms with E-state index in [2.05, 4.69) is 5.10 Å². The maximum absolute atomic E-state index is 11.6. The predicted octanol–water partition coefficient (Wildman–Crippen LogP) is 2.06. The third-order valence-electron chi connectivity index (χ3n) is 2.71. The van der Waals surface area contributed by atoms with Crippen molar-refractivity contribution in [3.05, 3.63) is 47.3 Å². The average Bonchev–Trinajstić information content (AvgIpc) is 2.81. The maximum atomic E-state index is 11.6. The molecule has 1 aromatic heterocycles. The number of rotatable bonds is 4. The number of aromatic nitrogens is 2. The lowest BCUT2D eigenvalue weighted by molar-refractivity contribution is 0.0518. The van der Waals surface area contributed by atoms with Crippen molar-refractivity contribution in [1.29, 1.82) is 0 Å². The zero-order valence-electron chi connectivity index (χ0n) is 11.2. The van der Waals surface area contributed by atoms with Crippen LogP contribution in [0.5, 0.6) is 0 Å². The van der Waals surface area contributed by atoms with Gasteiger partial charge in [0.2, 0.25) is 0 Å². The molecule has 1 heterocycles. The minimum absolute atomic E-state index is 0.162. The summed E-state index contributed by atoms with van der Waals surface area (Å²) in [7, 11) is 0. The lowest BCUT2D eigenvalue weighted by Crippen LogP contribution is -2.07. The first-order chi connectivity index (χ1) is 9.52. The Kier molecular flexibility index (Phi) is 3.84. The van der Waals surface area contributed by atoms with E-state index in [4.69, 9.17) is 9.84 Å². The van der Waals surface area contributed by atoms with E-state index in [-0.39, 0.29) is 17.9 Å². The number of nitrogens with zero attached hydrogens (tertiary/aromatic N) is 2. The Labute approximate surface area is 115 Å². The second-order valence-corrected chi connectivity index (χ2v) is 4.16. The third kappa shape index (κ3) is 2.69. The fraction of sp³-hybridized carbons (Fsp3) is 0.214. The van der Waals surface area contributed by atoms with E-state index < -0.39 is 11.9 Å². The number of ether oxygens (including phenoxy) is 1. The van der Waals surface area contributed by atoms with Crippen molar-refractivity contribution in [2.75, 3.05) is 6.61 Å². The molecule has 0 amide bonds. The van der Waals surface area contributed by atoms with E-state index in [0.29, 0.717) is 5.69 Å². The van der Waals surface area contributed by atoms with Gasteiger partial charge in [0, 0.05) is 5.69 Å². The van der Waals surface area contributed by atoms with Crippen LogP contribution in [0, 0.1) is 6.92 Å². The Morgan fingerprint density at radius 1 is 1.35 bits per heavy atom. The first-order valence-corrected chi connectivity index (χ1v) is 6.10. The highest BCUT2D eigenvalue weighted by molar-refractivity contribution is 5.88. The van der Waals surface area contributed by atoms with E-state index in [9.17, 15) is 9.59 Å². The van der Waals surface area contributed by atoms with Gasteiger partial charge in [0.25, 0.3) is 0 Å². The Morgan fingerprint density at radius 2 is 2.10 bits per heavy atom. The molecule has 1 aromatic carbocycles. The van der Waals surface area contributed by atoms with Gasteiger partial charge in [-0.2, -0.15) is 5.10 Å². The van der Waals surface area contributed by atoms with Gasteiger partial charge in [-0.3, -0.25) is 0 Å². The van der Waals surface area contributed by atoms with Crippen LogP contribution in [-0.4, -0.2) is 33.4 Å². The number of aryl methyl sites for hydroxylation is 1. The van der Waals surface area contributed by atoms with Crippen LogP contribution in [0.1, 0.15) is 33.5 Å². The summed E-state index contributed by atoms with van der Waals surface area (Å²) in [5.74, 6) is -1.51. The molecule has 0 aliphatic carbocycles. The number of carbonyl (C=O) groups excluding carboxylic acids is 1. The molecule has 6 heteroatoms. The third-order valence-corrected chi connectivity index (χ3v) is 2.71. The monoisotopic (exact) mass is 274 g/mol. The van der Waals surface area contributed by atoms with Crippen LogP contribution in [0.25, 0.3) is 5.69 Å². The summed E-state index contributed by atoms with van der Waals surface area (Å²) >= 11 is 0. The zero-order valence-corrected chi connectivity index (χ0v) is 11.2. The molecule has 0 unspecified atom stereocenters. The number of carboxylic acid groups (broad SMARTS) is 1. The Morgan fingerprint density at radius 3 is 2.75 bits per heavy atom. The van der Waals surface area contributed by atoms with Crippen molar-refractivity contribution >= 4 is 11.9 Å². The van der Waals surface area contributed by atoms with Gasteiger partial charge in [-0.1, -0.05) is 6.07 Å². The molecule has 0 saturated heterocycles. The molecule has 0 aliphatic rings. The SMILES string of the molecule is CCOC(=O)c1cc(C)n(-c2cccc(C(=O)O)c2)n1. The van der Waals surface area contributed by atoms with Crippen molar-refractivity contribution in [3.8, 4) is 5.69 Å². The van der Waals surface area contributed by atoms with E-state index in [1.165, 1.54) is 16.8 Å². The van der Waals surface area contributed by atoms with Gasteiger partial charge in [0.1, 0.15) is 0 Å². The fourth-order valence-corrected chi connectivity index (χ4v) is 1.81. The summed E-state index contributed by atoms with van der Waals surface area (Å²) in [6.07, 6.45) is 0. The van der Waals surface area contributed by atoms with E-state index in [1.54, 1.807) is 32.0 Å². The van der Waals surface area contributed by atoms with Crippen LogP contribution in [0.4, 0.5) is 0 Å². The van der Waals surface area contributed by atoms with Gasteiger partial charge < -0.3 is 9.84 Å². The molecule has 20 heavy (non-hydrogen) atoms. The van der Waals surface area contributed by atoms with Crippen molar-refractivity contribution in [1.82, 2.24) is 9.78 Å². The fourth-order valence-electron chi connectivity index (χ4n) is 1.81. The molecule has 0 bridgehead atoms. The van der Waals surface area contributed by atoms with E-state index in [1.807, 2.05) is 0 Å². The van der Waals surface area contributed by atoms with Gasteiger partial charge in [0.15, 0.2) is 5.69 Å². The minimum atomic E-state index is -1.01. The summed E-state index contributed by atoms with van der Waals surface area (Å²) in [5.41, 5.74) is 1.66. The number of benzene rings is 1. The van der Waals surface area contributed by atoms with Gasteiger partial charge in [0.05, 0.1) is 17.9 Å². The summed E-state index contributed by atoms with van der Waals surface area (Å²) in [6, 6.07) is 7.95. The molecular formula is C14H14N2O4. The van der Waals surface area contributed by atoms with Gasteiger partial charge in [-0.15, -0.1) is 0 Å². The summed E-state index contributed by atoms with van der Waals surface area (Å²) in [5, 5.41) is 13.1.